The SMILES string of the molecule is CC(COP(=O)(OCC(C)(C(=O)O)C(=O)O)OCC(C)(C(=O)O)C(=O)O)(C(=O)O)C(=O)O. The lowest BCUT2D eigenvalue weighted by molar-refractivity contribution is -0.166. The average Bonchev–Trinajstić information content (AvgIpc) is 2.67. The van der Waals surface area contributed by atoms with Gasteiger partial charge in [0.05, 0.1) is 19.8 Å². The van der Waals surface area contributed by atoms with E-state index in [4.69, 9.17) is 30.6 Å². The molecule has 0 bridgehead atoms. The number of phosphoric ester groups is 1. The van der Waals surface area contributed by atoms with Gasteiger partial charge in [-0.15, -0.1) is 0 Å². The van der Waals surface area contributed by atoms with Crippen LogP contribution in [0.4, 0.5) is 0 Å². The zero-order chi connectivity index (χ0) is 25.7. The molecule has 0 aliphatic heterocycles. The van der Waals surface area contributed by atoms with Crippen LogP contribution >= 0.6 is 7.82 Å². The Kier molecular flexibility index (Phi) is 9.07. The van der Waals surface area contributed by atoms with Crippen molar-refractivity contribution in [2.75, 3.05) is 19.8 Å². The Morgan fingerprint density at radius 1 is 0.531 bits per heavy atom. The highest BCUT2D eigenvalue weighted by atomic mass is 31.2. The molecule has 0 fully saturated rings. The number of hydrogen-bond acceptors (Lipinski definition) is 10. The molecule has 16 nitrogen and oxygen atoms in total. The van der Waals surface area contributed by atoms with E-state index in [0.717, 1.165) is 0 Å². The molecule has 0 saturated carbocycles. The van der Waals surface area contributed by atoms with Crippen molar-refractivity contribution < 1.29 is 77.5 Å². The van der Waals surface area contributed by atoms with E-state index in [1.165, 1.54) is 0 Å². The van der Waals surface area contributed by atoms with Crippen LogP contribution in [0.25, 0.3) is 0 Å². The molecule has 0 radical (unpaired) electrons. The lowest BCUT2D eigenvalue weighted by atomic mass is 9.93. The van der Waals surface area contributed by atoms with Crippen LogP contribution < -0.4 is 0 Å². The van der Waals surface area contributed by atoms with Crippen molar-refractivity contribution in [2.24, 2.45) is 16.2 Å². The first-order chi connectivity index (χ1) is 14.3. The number of aliphatic carboxylic acids is 6. The molecule has 0 heterocycles. The number of carboxylic acid groups (broad SMARTS) is 6. The van der Waals surface area contributed by atoms with Crippen LogP contribution in [0.1, 0.15) is 20.8 Å². The van der Waals surface area contributed by atoms with Gasteiger partial charge in [0.15, 0.2) is 16.2 Å². The maximum atomic E-state index is 12.9. The Bertz CT molecular complexity index is 708. The van der Waals surface area contributed by atoms with Crippen molar-refractivity contribution in [3.05, 3.63) is 0 Å². The molecule has 0 aromatic carbocycles. The van der Waals surface area contributed by atoms with Gasteiger partial charge in [-0.05, 0) is 20.8 Å². The summed E-state index contributed by atoms with van der Waals surface area (Å²) >= 11 is 0. The number of carboxylic acids is 6. The van der Waals surface area contributed by atoms with E-state index in [0.29, 0.717) is 20.8 Å². The van der Waals surface area contributed by atoms with Crippen molar-refractivity contribution in [3.63, 3.8) is 0 Å². The molecule has 182 valence electrons. The molecule has 0 amide bonds. The summed E-state index contributed by atoms with van der Waals surface area (Å²) < 4.78 is 26.7. The molecule has 0 saturated heterocycles. The summed E-state index contributed by atoms with van der Waals surface area (Å²) in [5, 5.41) is 54.4. The van der Waals surface area contributed by atoms with Gasteiger partial charge >= 0.3 is 43.6 Å². The van der Waals surface area contributed by atoms with Gasteiger partial charge in [0.1, 0.15) is 0 Å². The van der Waals surface area contributed by atoms with Crippen LogP contribution in [0.15, 0.2) is 0 Å². The van der Waals surface area contributed by atoms with E-state index < -0.39 is 79.7 Å². The minimum atomic E-state index is -5.33. The quantitative estimate of drug-likeness (QED) is 0.127. The molecule has 0 spiro atoms. The largest absolute Gasteiger partial charge is 0.480 e. The minimum Gasteiger partial charge on any atom is -0.480 e. The number of phosphoric acid groups is 1. The fourth-order valence-electron chi connectivity index (χ4n) is 1.38. The summed E-state index contributed by atoms with van der Waals surface area (Å²) in [6.45, 7) is -2.45. The molecular formula is C15H21O16P. The maximum absolute atomic E-state index is 12.9. The first kappa shape index (κ1) is 28.9. The molecule has 0 aliphatic rings. The highest BCUT2D eigenvalue weighted by molar-refractivity contribution is 7.48. The molecule has 32 heavy (non-hydrogen) atoms. The van der Waals surface area contributed by atoms with Crippen molar-refractivity contribution in [2.45, 2.75) is 20.8 Å². The third-order valence-corrected chi connectivity index (χ3v) is 5.70. The molecular weight excluding hydrogens is 467 g/mol. The summed E-state index contributed by atoms with van der Waals surface area (Å²) in [6, 6.07) is 0. The number of rotatable bonds is 15. The van der Waals surface area contributed by atoms with Crippen molar-refractivity contribution in [1.82, 2.24) is 0 Å². The van der Waals surface area contributed by atoms with E-state index in [1.54, 1.807) is 0 Å². The Labute approximate surface area is 178 Å². The van der Waals surface area contributed by atoms with Crippen LogP contribution in [-0.4, -0.2) is 86.3 Å². The van der Waals surface area contributed by atoms with Gasteiger partial charge in [0.25, 0.3) is 0 Å². The van der Waals surface area contributed by atoms with Gasteiger partial charge < -0.3 is 30.6 Å². The fourth-order valence-corrected chi connectivity index (χ4v) is 2.85. The van der Waals surface area contributed by atoms with Crippen molar-refractivity contribution >= 4 is 43.6 Å². The van der Waals surface area contributed by atoms with Crippen LogP contribution in [0.2, 0.25) is 0 Å². The predicted octanol–water partition coefficient (Wildman–Crippen LogP) is -0.329. The molecule has 0 aliphatic carbocycles. The predicted molar refractivity (Wildman–Crippen MR) is 95.6 cm³/mol. The summed E-state index contributed by atoms with van der Waals surface area (Å²) in [5.74, 6) is -11.8. The average molecular weight is 488 g/mol. The first-order valence-electron chi connectivity index (χ1n) is 8.22. The molecule has 6 N–H and O–H groups in total. The van der Waals surface area contributed by atoms with Crippen LogP contribution in [0.5, 0.6) is 0 Å². The number of carbonyl (C=O) groups is 6. The van der Waals surface area contributed by atoms with E-state index in [1.807, 2.05) is 0 Å². The lowest BCUT2D eigenvalue weighted by Crippen LogP contribution is -2.42. The highest BCUT2D eigenvalue weighted by Gasteiger charge is 2.50. The van der Waals surface area contributed by atoms with Crippen molar-refractivity contribution in [3.8, 4) is 0 Å². The summed E-state index contributed by atoms with van der Waals surface area (Å²) in [5.41, 5.74) is -8.27. The second kappa shape index (κ2) is 10.0. The summed E-state index contributed by atoms with van der Waals surface area (Å²) in [6.07, 6.45) is 0. The van der Waals surface area contributed by atoms with Gasteiger partial charge in [-0.1, -0.05) is 0 Å². The summed E-state index contributed by atoms with van der Waals surface area (Å²) in [4.78, 5) is 67.4. The Morgan fingerprint density at radius 2 is 0.688 bits per heavy atom. The number of hydrogen-bond donors (Lipinski definition) is 6. The maximum Gasteiger partial charge on any atom is 0.474 e. The van der Waals surface area contributed by atoms with Gasteiger partial charge in [-0.25, -0.2) is 4.57 Å². The van der Waals surface area contributed by atoms with Crippen LogP contribution in [-0.2, 0) is 46.9 Å². The highest BCUT2D eigenvalue weighted by Crippen LogP contribution is 2.52. The molecule has 17 heteroatoms. The van der Waals surface area contributed by atoms with Gasteiger partial charge in [0.2, 0.25) is 0 Å². The smallest absolute Gasteiger partial charge is 0.474 e. The van der Waals surface area contributed by atoms with Crippen molar-refractivity contribution in [1.29, 1.82) is 0 Å². The molecule has 0 unspecified atom stereocenters. The second-order valence-electron chi connectivity index (χ2n) is 7.09. The molecule has 0 aromatic rings. The van der Waals surface area contributed by atoms with Gasteiger partial charge in [0, 0.05) is 0 Å². The van der Waals surface area contributed by atoms with Crippen LogP contribution in [0, 0.1) is 16.2 Å². The Balaban J connectivity index is 6.04. The molecule has 0 atom stereocenters. The van der Waals surface area contributed by atoms with Crippen LogP contribution in [0.3, 0.4) is 0 Å². The Hall–Kier alpha value is -3.07. The topological polar surface area (TPSA) is 269 Å². The monoisotopic (exact) mass is 488 g/mol. The minimum absolute atomic E-state index is 0.624. The standard InChI is InChI=1S/C15H21O16P/c1-13(7(16)17,8(18)19)4-29-32(28,30-5-14(2,9(20)21)10(22)23)31-6-15(3,11(24)25)12(26)27/h4-6H2,1-3H3,(H,16,17)(H,18,19)(H,20,21)(H,22,23)(H,24,25)(H,26,27). The molecule has 0 aromatic heterocycles. The second-order valence-corrected chi connectivity index (χ2v) is 8.76. The van der Waals surface area contributed by atoms with Gasteiger partial charge in [-0.3, -0.25) is 42.3 Å². The first-order valence-corrected chi connectivity index (χ1v) is 9.68. The van der Waals surface area contributed by atoms with E-state index in [2.05, 4.69) is 13.6 Å². The Morgan fingerprint density at radius 3 is 0.812 bits per heavy atom. The summed E-state index contributed by atoms with van der Waals surface area (Å²) in [7, 11) is -5.33. The third kappa shape index (κ3) is 6.23. The fraction of sp³-hybridized carbons (Fsp3) is 0.600. The lowest BCUT2D eigenvalue weighted by Gasteiger charge is -2.28. The van der Waals surface area contributed by atoms with E-state index in [9.17, 15) is 33.3 Å². The zero-order valence-corrected chi connectivity index (χ0v) is 17.7. The molecule has 0 rings (SSSR count). The zero-order valence-electron chi connectivity index (χ0n) is 16.8. The third-order valence-electron chi connectivity index (χ3n) is 4.37. The normalized spacial score (nSPS) is 12.7. The van der Waals surface area contributed by atoms with E-state index >= 15 is 0 Å². The van der Waals surface area contributed by atoms with E-state index in [-0.39, 0.29) is 0 Å². The van der Waals surface area contributed by atoms with Gasteiger partial charge in [-0.2, -0.15) is 0 Å².